The molecular weight excluding hydrogens is 302 g/mol. The maximum Gasteiger partial charge on any atom is 0.315 e. The monoisotopic (exact) mass is 329 g/mol. The van der Waals surface area contributed by atoms with Gasteiger partial charge in [-0.1, -0.05) is 57.5 Å². The molecule has 0 spiro atoms. The van der Waals surface area contributed by atoms with Crippen LogP contribution in [0.25, 0.3) is 11.3 Å². The minimum Gasteiger partial charge on any atom is -0.439 e. The minimum atomic E-state index is -0.190. The highest BCUT2D eigenvalue weighted by Crippen LogP contribution is 2.21. The summed E-state index contributed by atoms with van der Waals surface area (Å²) in [4.78, 5) is 16.0. The van der Waals surface area contributed by atoms with Gasteiger partial charge in [-0.05, 0) is 18.3 Å². The van der Waals surface area contributed by atoms with Crippen LogP contribution in [0.2, 0.25) is 0 Å². The Kier molecular flexibility index (Phi) is 6.41. The summed E-state index contributed by atoms with van der Waals surface area (Å²) in [5.41, 5.74) is 1.32. The molecule has 5 heteroatoms. The molecule has 0 saturated carbocycles. The van der Waals surface area contributed by atoms with Gasteiger partial charge in [0.05, 0.1) is 12.7 Å². The normalized spacial score (nSPS) is 11.3. The highest BCUT2D eigenvalue weighted by molar-refractivity contribution is 5.73. The molecule has 0 radical (unpaired) electrons. The minimum absolute atomic E-state index is 0.190. The quantitative estimate of drug-likeness (QED) is 0.742. The number of urea groups is 1. The summed E-state index contributed by atoms with van der Waals surface area (Å²) in [6.07, 6.45) is 4.94. The lowest BCUT2D eigenvalue weighted by molar-refractivity contribution is 0.239. The van der Waals surface area contributed by atoms with Crippen LogP contribution in [0.3, 0.4) is 0 Å². The van der Waals surface area contributed by atoms with Crippen LogP contribution in [0, 0.1) is 5.41 Å². The zero-order valence-electron chi connectivity index (χ0n) is 14.8. The van der Waals surface area contributed by atoms with Crippen molar-refractivity contribution in [3.63, 3.8) is 0 Å². The zero-order valence-corrected chi connectivity index (χ0v) is 14.8. The van der Waals surface area contributed by atoms with E-state index in [1.54, 1.807) is 6.20 Å². The molecular formula is C19H27N3O2. The lowest BCUT2D eigenvalue weighted by Crippen LogP contribution is -2.35. The van der Waals surface area contributed by atoms with E-state index in [4.69, 9.17) is 4.42 Å². The van der Waals surface area contributed by atoms with Crippen LogP contribution >= 0.6 is 0 Å². The number of benzene rings is 1. The van der Waals surface area contributed by atoms with Crippen molar-refractivity contribution in [2.75, 3.05) is 6.54 Å². The van der Waals surface area contributed by atoms with Gasteiger partial charge in [-0.3, -0.25) is 0 Å². The van der Waals surface area contributed by atoms with Crippen LogP contribution in [-0.2, 0) is 6.54 Å². The van der Waals surface area contributed by atoms with E-state index < -0.39 is 0 Å². The molecule has 1 heterocycles. The topological polar surface area (TPSA) is 67.2 Å². The van der Waals surface area contributed by atoms with Gasteiger partial charge >= 0.3 is 6.03 Å². The van der Waals surface area contributed by atoms with E-state index in [1.807, 2.05) is 30.3 Å². The van der Waals surface area contributed by atoms with Gasteiger partial charge in [-0.15, -0.1) is 0 Å². The molecule has 0 atom stereocenters. The van der Waals surface area contributed by atoms with Gasteiger partial charge < -0.3 is 15.1 Å². The number of hydrogen-bond acceptors (Lipinski definition) is 3. The smallest absolute Gasteiger partial charge is 0.315 e. The van der Waals surface area contributed by atoms with Crippen LogP contribution in [0.4, 0.5) is 4.79 Å². The highest BCUT2D eigenvalue weighted by atomic mass is 16.4. The number of amides is 2. The maximum absolute atomic E-state index is 11.8. The Hall–Kier alpha value is -2.30. The SMILES string of the molecule is CC(C)(C)CCCCNC(=O)NCc1ncc(-c2ccccc2)o1. The number of unbranched alkanes of at least 4 members (excludes halogenated alkanes) is 1. The van der Waals surface area contributed by atoms with Crippen molar-refractivity contribution in [2.24, 2.45) is 5.41 Å². The van der Waals surface area contributed by atoms with E-state index in [0.29, 0.717) is 23.6 Å². The van der Waals surface area contributed by atoms with Gasteiger partial charge in [0.1, 0.15) is 0 Å². The number of carbonyl (C=O) groups excluding carboxylic acids is 1. The molecule has 0 aliphatic heterocycles. The fourth-order valence-electron chi connectivity index (χ4n) is 2.33. The Labute approximate surface area is 143 Å². The second-order valence-electron chi connectivity index (χ2n) is 7.11. The van der Waals surface area contributed by atoms with E-state index in [1.165, 1.54) is 0 Å². The lowest BCUT2D eigenvalue weighted by atomic mass is 9.90. The van der Waals surface area contributed by atoms with Crippen molar-refractivity contribution < 1.29 is 9.21 Å². The van der Waals surface area contributed by atoms with Gasteiger partial charge in [0.15, 0.2) is 5.76 Å². The number of rotatable bonds is 7. The summed E-state index contributed by atoms with van der Waals surface area (Å²) >= 11 is 0. The van der Waals surface area contributed by atoms with Crippen molar-refractivity contribution in [3.8, 4) is 11.3 Å². The largest absolute Gasteiger partial charge is 0.439 e. The molecule has 1 aromatic heterocycles. The third-order valence-corrected chi connectivity index (χ3v) is 3.65. The Morgan fingerprint density at radius 1 is 1.12 bits per heavy atom. The molecule has 1 aromatic carbocycles. The van der Waals surface area contributed by atoms with Crippen LogP contribution < -0.4 is 10.6 Å². The summed E-state index contributed by atoms with van der Waals surface area (Å²) in [5.74, 6) is 1.20. The fraction of sp³-hybridized carbons (Fsp3) is 0.474. The second kappa shape index (κ2) is 8.52. The number of hydrogen-bond donors (Lipinski definition) is 2. The van der Waals surface area contributed by atoms with E-state index in [0.717, 1.165) is 24.8 Å². The second-order valence-corrected chi connectivity index (χ2v) is 7.11. The van der Waals surface area contributed by atoms with E-state index in [2.05, 4.69) is 36.4 Å². The van der Waals surface area contributed by atoms with Crippen molar-refractivity contribution in [3.05, 3.63) is 42.4 Å². The molecule has 130 valence electrons. The Morgan fingerprint density at radius 3 is 2.58 bits per heavy atom. The summed E-state index contributed by atoms with van der Waals surface area (Å²) in [5, 5.41) is 5.62. The Morgan fingerprint density at radius 2 is 1.88 bits per heavy atom. The van der Waals surface area contributed by atoms with Crippen molar-refractivity contribution in [1.82, 2.24) is 15.6 Å². The number of nitrogens with zero attached hydrogens (tertiary/aromatic N) is 1. The average molecular weight is 329 g/mol. The summed E-state index contributed by atoms with van der Waals surface area (Å²) in [6.45, 7) is 7.65. The summed E-state index contributed by atoms with van der Waals surface area (Å²) < 4.78 is 5.65. The average Bonchev–Trinajstić information content (AvgIpc) is 3.01. The third kappa shape index (κ3) is 6.44. The number of nitrogens with one attached hydrogen (secondary N) is 2. The summed E-state index contributed by atoms with van der Waals surface area (Å²) in [6, 6.07) is 9.58. The van der Waals surface area contributed by atoms with Crippen LogP contribution in [0.5, 0.6) is 0 Å². The van der Waals surface area contributed by atoms with Gasteiger partial charge in [-0.2, -0.15) is 0 Å². The molecule has 2 rings (SSSR count). The van der Waals surface area contributed by atoms with Gasteiger partial charge in [-0.25, -0.2) is 9.78 Å². The number of oxazole rings is 1. The first-order chi connectivity index (χ1) is 11.4. The van der Waals surface area contributed by atoms with Crippen molar-refractivity contribution in [1.29, 1.82) is 0 Å². The molecule has 0 aliphatic carbocycles. The lowest BCUT2D eigenvalue weighted by Gasteiger charge is -2.17. The first-order valence-electron chi connectivity index (χ1n) is 8.46. The molecule has 2 aromatic rings. The van der Waals surface area contributed by atoms with Gasteiger partial charge in [0.25, 0.3) is 0 Å². The molecule has 2 N–H and O–H groups in total. The molecule has 0 saturated heterocycles. The van der Waals surface area contributed by atoms with Crippen LogP contribution in [0.15, 0.2) is 40.9 Å². The van der Waals surface area contributed by atoms with Crippen molar-refractivity contribution in [2.45, 2.75) is 46.6 Å². The van der Waals surface area contributed by atoms with E-state index >= 15 is 0 Å². The van der Waals surface area contributed by atoms with Gasteiger partial charge in [0.2, 0.25) is 5.89 Å². The zero-order chi connectivity index (χ0) is 17.4. The first-order valence-corrected chi connectivity index (χ1v) is 8.46. The predicted molar refractivity (Wildman–Crippen MR) is 95.5 cm³/mol. The van der Waals surface area contributed by atoms with Crippen LogP contribution in [0.1, 0.15) is 45.9 Å². The van der Waals surface area contributed by atoms with Crippen LogP contribution in [-0.4, -0.2) is 17.6 Å². The molecule has 5 nitrogen and oxygen atoms in total. The standard InChI is InChI=1S/C19H27N3O2/c1-19(2,3)11-7-8-12-20-18(23)22-14-17-21-13-16(24-17)15-9-5-4-6-10-15/h4-6,9-10,13H,7-8,11-12,14H2,1-3H3,(H2,20,22,23). The molecule has 24 heavy (non-hydrogen) atoms. The molecule has 0 unspecified atom stereocenters. The van der Waals surface area contributed by atoms with Gasteiger partial charge in [0, 0.05) is 12.1 Å². The molecule has 0 bridgehead atoms. The Bertz CT molecular complexity index is 630. The highest BCUT2D eigenvalue weighted by Gasteiger charge is 2.10. The third-order valence-electron chi connectivity index (χ3n) is 3.65. The molecule has 0 fully saturated rings. The molecule has 2 amide bonds. The maximum atomic E-state index is 11.8. The number of aromatic nitrogens is 1. The molecule has 0 aliphatic rings. The van der Waals surface area contributed by atoms with E-state index in [-0.39, 0.29) is 12.6 Å². The van der Waals surface area contributed by atoms with Crippen molar-refractivity contribution >= 4 is 6.03 Å². The van der Waals surface area contributed by atoms with E-state index in [9.17, 15) is 4.79 Å². The summed E-state index contributed by atoms with van der Waals surface area (Å²) in [7, 11) is 0. The first kappa shape index (κ1) is 18.0. The Balaban J connectivity index is 1.66. The fourth-order valence-corrected chi connectivity index (χ4v) is 2.33. The number of carbonyl (C=O) groups is 1. The predicted octanol–water partition coefficient (Wildman–Crippen LogP) is 4.36.